The van der Waals surface area contributed by atoms with Crippen LogP contribution in [0.2, 0.25) is 5.02 Å². The summed E-state index contributed by atoms with van der Waals surface area (Å²) in [6.07, 6.45) is 5.54. The quantitative estimate of drug-likeness (QED) is 0.688. The number of benzene rings is 2. The number of aromatic nitrogens is 1. The Balaban J connectivity index is 1.49. The zero-order chi connectivity index (χ0) is 18.1. The van der Waals surface area contributed by atoms with Gasteiger partial charge in [-0.3, -0.25) is 4.90 Å². The second-order valence-electron chi connectivity index (χ2n) is 7.17. The molecule has 2 aromatic carbocycles. The number of aromatic amines is 1. The number of rotatable bonds is 4. The molecule has 0 aliphatic carbocycles. The molecule has 1 aliphatic rings. The van der Waals surface area contributed by atoms with Crippen molar-refractivity contribution < 1.29 is 0 Å². The van der Waals surface area contributed by atoms with E-state index in [1.54, 1.807) is 0 Å². The first kappa shape index (κ1) is 17.2. The smallest absolute Gasteiger partial charge is 0.0461 e. The molecule has 3 nitrogen and oxygen atoms in total. The van der Waals surface area contributed by atoms with Crippen molar-refractivity contribution in [2.24, 2.45) is 0 Å². The Morgan fingerprint density at radius 3 is 2.81 bits per heavy atom. The predicted molar refractivity (Wildman–Crippen MR) is 112 cm³/mol. The highest BCUT2D eigenvalue weighted by molar-refractivity contribution is 6.31. The van der Waals surface area contributed by atoms with Crippen LogP contribution < -0.4 is 4.90 Å². The van der Waals surface area contributed by atoms with Crippen molar-refractivity contribution in [1.29, 1.82) is 0 Å². The van der Waals surface area contributed by atoms with E-state index >= 15 is 0 Å². The van der Waals surface area contributed by atoms with Gasteiger partial charge in [0.15, 0.2) is 0 Å². The van der Waals surface area contributed by atoms with Crippen LogP contribution in [0.15, 0.2) is 54.7 Å². The first-order valence-corrected chi connectivity index (χ1v) is 9.42. The summed E-state index contributed by atoms with van der Waals surface area (Å²) in [5.41, 5.74) is 6.47. The summed E-state index contributed by atoms with van der Waals surface area (Å²) in [5, 5.41) is 2.01. The van der Waals surface area contributed by atoms with E-state index in [2.05, 4.69) is 77.6 Å². The molecule has 1 N–H and O–H groups in total. The molecule has 26 heavy (non-hydrogen) atoms. The number of nitrogens with zero attached hydrogens (tertiary/aromatic N) is 2. The fourth-order valence-electron chi connectivity index (χ4n) is 3.65. The molecule has 0 saturated heterocycles. The maximum absolute atomic E-state index is 6.19. The highest BCUT2D eigenvalue weighted by atomic mass is 35.5. The predicted octanol–water partition coefficient (Wildman–Crippen LogP) is 5.18. The van der Waals surface area contributed by atoms with Gasteiger partial charge in [0.25, 0.3) is 0 Å². The first-order chi connectivity index (χ1) is 12.6. The molecule has 0 fully saturated rings. The monoisotopic (exact) mass is 365 g/mol. The molecule has 0 spiro atoms. The summed E-state index contributed by atoms with van der Waals surface area (Å²) >= 11 is 6.19. The zero-order valence-corrected chi connectivity index (χ0v) is 16.1. The van der Waals surface area contributed by atoms with Crippen molar-refractivity contribution in [3.63, 3.8) is 0 Å². The second-order valence-corrected chi connectivity index (χ2v) is 7.61. The Morgan fingerprint density at radius 1 is 1.15 bits per heavy atom. The zero-order valence-electron chi connectivity index (χ0n) is 15.3. The lowest BCUT2D eigenvalue weighted by molar-refractivity contribution is 0.294. The number of fused-ring (bicyclic) bond motifs is 1. The largest absolute Gasteiger partial charge is 0.378 e. The molecule has 0 saturated carbocycles. The standard InChI is InChI=1S/C22H24ClN3/c1-25(2)19-5-3-4-16(12-19)15-26-10-8-17(9-11-26)21-14-24-22-7-6-18(23)13-20(21)22/h3-8,12-14,24H,9-11,15H2,1-2H3. The summed E-state index contributed by atoms with van der Waals surface area (Å²) < 4.78 is 0. The van der Waals surface area contributed by atoms with E-state index in [9.17, 15) is 0 Å². The molecular formula is C22H24ClN3. The summed E-state index contributed by atoms with van der Waals surface area (Å²) in [6.45, 7) is 3.05. The average molecular weight is 366 g/mol. The third-order valence-corrected chi connectivity index (χ3v) is 5.35. The Morgan fingerprint density at radius 2 is 2.04 bits per heavy atom. The van der Waals surface area contributed by atoms with Crippen LogP contribution in [0.1, 0.15) is 17.5 Å². The molecular weight excluding hydrogens is 342 g/mol. The highest BCUT2D eigenvalue weighted by Crippen LogP contribution is 2.31. The minimum atomic E-state index is 0.789. The van der Waals surface area contributed by atoms with E-state index < -0.39 is 0 Å². The molecule has 0 bridgehead atoms. The van der Waals surface area contributed by atoms with Crippen molar-refractivity contribution in [2.75, 3.05) is 32.1 Å². The van der Waals surface area contributed by atoms with Crippen LogP contribution in [0.5, 0.6) is 0 Å². The number of hydrogen-bond donors (Lipinski definition) is 1. The maximum Gasteiger partial charge on any atom is 0.0461 e. The van der Waals surface area contributed by atoms with Gasteiger partial charge in [-0.1, -0.05) is 29.8 Å². The molecule has 0 unspecified atom stereocenters. The second kappa shape index (κ2) is 7.18. The molecule has 0 amide bonds. The van der Waals surface area contributed by atoms with Crippen LogP contribution in [-0.2, 0) is 6.54 Å². The third kappa shape index (κ3) is 3.50. The third-order valence-electron chi connectivity index (χ3n) is 5.12. The molecule has 3 aromatic rings. The van der Waals surface area contributed by atoms with Crippen molar-refractivity contribution in [2.45, 2.75) is 13.0 Å². The fourth-order valence-corrected chi connectivity index (χ4v) is 3.82. The number of hydrogen-bond acceptors (Lipinski definition) is 2. The molecule has 1 aromatic heterocycles. The van der Waals surface area contributed by atoms with E-state index in [0.717, 1.165) is 36.6 Å². The molecule has 4 rings (SSSR count). The van der Waals surface area contributed by atoms with Crippen molar-refractivity contribution in [1.82, 2.24) is 9.88 Å². The van der Waals surface area contributed by atoms with Crippen molar-refractivity contribution >= 4 is 33.8 Å². The lowest BCUT2D eigenvalue weighted by Gasteiger charge is -2.26. The van der Waals surface area contributed by atoms with Crippen LogP contribution in [0.4, 0.5) is 5.69 Å². The van der Waals surface area contributed by atoms with Crippen LogP contribution in [0.3, 0.4) is 0 Å². The number of anilines is 1. The summed E-state index contributed by atoms with van der Waals surface area (Å²) in [4.78, 5) is 8.02. The van der Waals surface area contributed by atoms with E-state index in [1.165, 1.54) is 27.8 Å². The average Bonchev–Trinajstić information content (AvgIpc) is 3.05. The van der Waals surface area contributed by atoms with Gasteiger partial charge >= 0.3 is 0 Å². The lowest BCUT2D eigenvalue weighted by Crippen LogP contribution is -2.28. The number of nitrogens with one attached hydrogen (secondary N) is 1. The summed E-state index contributed by atoms with van der Waals surface area (Å²) in [5.74, 6) is 0. The summed E-state index contributed by atoms with van der Waals surface area (Å²) in [6, 6.07) is 14.8. The lowest BCUT2D eigenvalue weighted by atomic mass is 9.98. The Bertz CT molecular complexity index is 955. The molecule has 2 heterocycles. The van der Waals surface area contributed by atoms with Gasteiger partial charge in [-0.05, 0) is 47.9 Å². The highest BCUT2D eigenvalue weighted by Gasteiger charge is 2.16. The Kier molecular flexibility index (Phi) is 4.75. The van der Waals surface area contributed by atoms with Crippen LogP contribution in [-0.4, -0.2) is 37.1 Å². The van der Waals surface area contributed by atoms with E-state index in [-0.39, 0.29) is 0 Å². The van der Waals surface area contributed by atoms with Gasteiger partial charge in [-0.2, -0.15) is 0 Å². The van der Waals surface area contributed by atoms with Gasteiger partial charge in [0.05, 0.1) is 0 Å². The van der Waals surface area contributed by atoms with Gasteiger partial charge in [0.1, 0.15) is 0 Å². The van der Waals surface area contributed by atoms with Crippen molar-refractivity contribution in [3.8, 4) is 0 Å². The molecule has 1 aliphatic heterocycles. The van der Waals surface area contributed by atoms with Crippen LogP contribution in [0.25, 0.3) is 16.5 Å². The van der Waals surface area contributed by atoms with E-state index in [0.29, 0.717) is 0 Å². The van der Waals surface area contributed by atoms with Crippen LogP contribution in [0, 0.1) is 0 Å². The number of halogens is 1. The van der Waals surface area contributed by atoms with Gasteiger partial charge < -0.3 is 9.88 Å². The van der Waals surface area contributed by atoms with Crippen LogP contribution >= 0.6 is 11.6 Å². The minimum absolute atomic E-state index is 0.789. The van der Waals surface area contributed by atoms with E-state index in [1.807, 2.05) is 6.07 Å². The van der Waals surface area contributed by atoms with Gasteiger partial charge in [0.2, 0.25) is 0 Å². The van der Waals surface area contributed by atoms with Crippen molar-refractivity contribution in [3.05, 3.63) is 70.9 Å². The fraction of sp³-hybridized carbons (Fsp3) is 0.273. The van der Waals surface area contributed by atoms with Gasteiger partial charge in [0, 0.05) is 67.1 Å². The Hall–Kier alpha value is -2.23. The number of H-pyrrole nitrogens is 1. The normalized spacial score (nSPS) is 15.3. The molecule has 0 radical (unpaired) electrons. The Labute approximate surface area is 159 Å². The van der Waals surface area contributed by atoms with Gasteiger partial charge in [-0.25, -0.2) is 0 Å². The van der Waals surface area contributed by atoms with Gasteiger partial charge in [-0.15, -0.1) is 0 Å². The van der Waals surface area contributed by atoms with E-state index in [4.69, 9.17) is 11.6 Å². The summed E-state index contributed by atoms with van der Waals surface area (Å²) in [7, 11) is 4.17. The first-order valence-electron chi connectivity index (χ1n) is 9.05. The molecule has 134 valence electrons. The molecule has 0 atom stereocenters. The minimum Gasteiger partial charge on any atom is -0.378 e. The topological polar surface area (TPSA) is 22.3 Å². The SMILES string of the molecule is CN(C)c1cccc(CN2CC=C(c3c[nH]c4ccc(Cl)cc34)CC2)c1. The molecule has 4 heteroatoms. The maximum atomic E-state index is 6.19.